The molecule has 4 rings (SSSR count). The number of fused-ring (bicyclic) bond motifs is 1. The van der Waals surface area contributed by atoms with Crippen molar-refractivity contribution in [1.82, 2.24) is 4.57 Å². The third-order valence-corrected chi connectivity index (χ3v) is 4.98. The fourth-order valence-corrected chi connectivity index (χ4v) is 3.48. The monoisotopic (exact) mass is 422 g/mol. The lowest BCUT2D eigenvalue weighted by molar-refractivity contribution is 0.0563. The maximum absolute atomic E-state index is 11.6. The number of esters is 1. The maximum Gasteiger partial charge on any atom is 0.373 e. The number of aromatic nitrogens is 1. The molecule has 0 aliphatic rings. The highest BCUT2D eigenvalue weighted by Crippen LogP contribution is 2.29. The molecule has 6 nitrogen and oxygen atoms in total. The van der Waals surface area contributed by atoms with Crippen LogP contribution in [0.3, 0.4) is 0 Å². The second-order valence-corrected chi connectivity index (χ2v) is 6.97. The zero-order chi connectivity index (χ0) is 21.1. The van der Waals surface area contributed by atoms with E-state index < -0.39 is 5.97 Å². The van der Waals surface area contributed by atoms with E-state index in [1.165, 1.54) is 7.11 Å². The Morgan fingerprint density at radius 2 is 2.00 bits per heavy atom. The van der Waals surface area contributed by atoms with E-state index in [0.29, 0.717) is 23.1 Å². The average Bonchev–Trinajstić information content (AvgIpc) is 3.37. The first-order valence-corrected chi connectivity index (χ1v) is 9.59. The number of aliphatic imine (C=N–C) groups is 1. The molecular formula is C23H19ClN2O4. The fourth-order valence-electron chi connectivity index (χ4n) is 3.23. The summed E-state index contributed by atoms with van der Waals surface area (Å²) in [7, 11) is 2.90. The molecule has 0 saturated heterocycles. The minimum absolute atomic E-state index is 0.183. The largest absolute Gasteiger partial charge is 0.495 e. The summed E-state index contributed by atoms with van der Waals surface area (Å²) < 4.78 is 17.5. The molecule has 0 aliphatic heterocycles. The SMILES string of the molecule is COC(=O)c1ccc(Cn2cc(C=Nc3ccc(OC)c(Cl)c3)c3ccccc32)o1. The van der Waals surface area contributed by atoms with Gasteiger partial charge in [-0.3, -0.25) is 4.99 Å². The van der Waals surface area contributed by atoms with Crippen LogP contribution in [0.2, 0.25) is 5.02 Å². The summed E-state index contributed by atoms with van der Waals surface area (Å²) >= 11 is 6.19. The summed E-state index contributed by atoms with van der Waals surface area (Å²) in [4.78, 5) is 16.2. The topological polar surface area (TPSA) is 66.0 Å². The Hall–Kier alpha value is -3.51. The van der Waals surface area contributed by atoms with Gasteiger partial charge in [-0.05, 0) is 36.4 Å². The molecule has 4 aromatic rings. The molecule has 0 amide bonds. The smallest absolute Gasteiger partial charge is 0.373 e. The van der Waals surface area contributed by atoms with Gasteiger partial charge in [0.15, 0.2) is 0 Å². The Labute approximate surface area is 178 Å². The molecule has 0 unspecified atom stereocenters. The van der Waals surface area contributed by atoms with E-state index in [-0.39, 0.29) is 5.76 Å². The molecule has 0 N–H and O–H groups in total. The molecule has 30 heavy (non-hydrogen) atoms. The predicted octanol–water partition coefficient (Wildman–Crippen LogP) is 5.48. The third-order valence-electron chi connectivity index (χ3n) is 4.68. The van der Waals surface area contributed by atoms with Crippen molar-refractivity contribution in [1.29, 1.82) is 0 Å². The number of carbonyl (C=O) groups is 1. The number of para-hydroxylation sites is 1. The molecule has 0 saturated carbocycles. The Balaban J connectivity index is 1.64. The summed E-state index contributed by atoms with van der Waals surface area (Å²) in [5.74, 6) is 0.949. The van der Waals surface area contributed by atoms with Crippen molar-refractivity contribution in [2.75, 3.05) is 14.2 Å². The normalized spacial score (nSPS) is 11.3. The minimum atomic E-state index is -0.496. The van der Waals surface area contributed by atoms with Gasteiger partial charge >= 0.3 is 5.97 Å². The number of hydrogen-bond donors (Lipinski definition) is 0. The second kappa shape index (κ2) is 8.47. The molecular weight excluding hydrogens is 404 g/mol. The first-order valence-electron chi connectivity index (χ1n) is 9.21. The van der Waals surface area contributed by atoms with E-state index in [4.69, 9.17) is 25.5 Å². The molecule has 0 radical (unpaired) electrons. The number of nitrogens with zero attached hydrogens (tertiary/aromatic N) is 2. The summed E-state index contributed by atoms with van der Waals surface area (Å²) in [5, 5.41) is 1.56. The number of methoxy groups -OCH3 is 2. The number of benzene rings is 2. The lowest BCUT2D eigenvalue weighted by Gasteiger charge is -2.02. The lowest BCUT2D eigenvalue weighted by Crippen LogP contribution is -1.99. The molecule has 0 fully saturated rings. The minimum Gasteiger partial charge on any atom is -0.495 e. The van der Waals surface area contributed by atoms with Gasteiger partial charge in [0.1, 0.15) is 11.5 Å². The van der Waals surface area contributed by atoms with Crippen LogP contribution in [0.15, 0.2) is 70.2 Å². The molecule has 0 atom stereocenters. The third kappa shape index (κ3) is 3.95. The first kappa shape index (κ1) is 19.8. The first-order chi connectivity index (χ1) is 14.6. The summed E-state index contributed by atoms with van der Waals surface area (Å²) in [5.41, 5.74) is 2.71. The van der Waals surface area contributed by atoms with E-state index in [1.807, 2.05) is 36.5 Å². The van der Waals surface area contributed by atoms with Crippen LogP contribution < -0.4 is 4.74 Å². The van der Waals surface area contributed by atoms with Crippen molar-refractivity contribution in [2.24, 2.45) is 4.99 Å². The number of furan rings is 1. The van der Waals surface area contributed by atoms with Crippen molar-refractivity contribution in [3.05, 3.63) is 82.9 Å². The lowest BCUT2D eigenvalue weighted by atomic mass is 10.2. The Morgan fingerprint density at radius 1 is 1.17 bits per heavy atom. The van der Waals surface area contributed by atoms with Gasteiger partial charge in [-0.1, -0.05) is 29.8 Å². The van der Waals surface area contributed by atoms with Crippen LogP contribution in [0.25, 0.3) is 10.9 Å². The highest BCUT2D eigenvalue weighted by molar-refractivity contribution is 6.32. The summed E-state index contributed by atoms with van der Waals surface area (Å²) in [6, 6.07) is 16.8. The van der Waals surface area contributed by atoms with Crippen LogP contribution in [0.5, 0.6) is 5.75 Å². The second-order valence-electron chi connectivity index (χ2n) is 6.56. The predicted molar refractivity (Wildman–Crippen MR) is 116 cm³/mol. The Morgan fingerprint density at radius 3 is 2.77 bits per heavy atom. The number of halogens is 1. The average molecular weight is 423 g/mol. The van der Waals surface area contributed by atoms with Crippen LogP contribution in [0, 0.1) is 0 Å². The fraction of sp³-hybridized carbons (Fsp3) is 0.130. The summed E-state index contributed by atoms with van der Waals surface area (Å²) in [6.45, 7) is 0.472. The van der Waals surface area contributed by atoms with E-state index >= 15 is 0 Å². The summed E-state index contributed by atoms with van der Waals surface area (Å²) in [6.07, 6.45) is 3.80. The molecule has 2 aromatic heterocycles. The zero-order valence-electron chi connectivity index (χ0n) is 16.5. The van der Waals surface area contributed by atoms with E-state index in [0.717, 1.165) is 22.2 Å². The Kier molecular flexibility index (Phi) is 5.59. The van der Waals surface area contributed by atoms with Crippen LogP contribution in [0.1, 0.15) is 21.9 Å². The number of rotatable bonds is 6. The standard InChI is InChI=1S/C23H19ClN2O4/c1-28-21-9-7-16(11-19(21)24)25-12-15-13-26(20-6-4-3-5-18(15)20)14-17-8-10-22(30-17)23(27)29-2/h3-13H,14H2,1-2H3. The van der Waals surface area contributed by atoms with Crippen molar-refractivity contribution in [2.45, 2.75) is 6.54 Å². The van der Waals surface area contributed by atoms with Crippen LogP contribution in [-0.4, -0.2) is 31.0 Å². The van der Waals surface area contributed by atoms with Gasteiger partial charge < -0.3 is 18.5 Å². The van der Waals surface area contributed by atoms with Gasteiger partial charge in [0.25, 0.3) is 0 Å². The maximum atomic E-state index is 11.6. The molecule has 2 heterocycles. The van der Waals surface area contributed by atoms with Crippen LogP contribution in [0.4, 0.5) is 5.69 Å². The van der Waals surface area contributed by atoms with Crippen molar-refractivity contribution >= 4 is 40.4 Å². The highest BCUT2D eigenvalue weighted by Gasteiger charge is 2.13. The van der Waals surface area contributed by atoms with Gasteiger partial charge in [-0.25, -0.2) is 4.79 Å². The number of carbonyl (C=O) groups excluding carboxylic acids is 1. The van der Waals surface area contributed by atoms with Crippen LogP contribution in [-0.2, 0) is 11.3 Å². The van der Waals surface area contributed by atoms with Gasteiger partial charge in [0, 0.05) is 28.9 Å². The quantitative estimate of drug-likeness (QED) is 0.305. The Bertz CT molecular complexity index is 1240. The van der Waals surface area contributed by atoms with Crippen molar-refractivity contribution in [3.63, 3.8) is 0 Å². The van der Waals surface area contributed by atoms with Crippen molar-refractivity contribution < 1.29 is 18.7 Å². The zero-order valence-corrected chi connectivity index (χ0v) is 17.2. The van der Waals surface area contributed by atoms with E-state index in [1.54, 1.807) is 37.6 Å². The van der Waals surface area contributed by atoms with E-state index in [2.05, 4.69) is 9.56 Å². The number of ether oxygens (including phenoxy) is 2. The molecule has 0 spiro atoms. The van der Waals surface area contributed by atoms with Gasteiger partial charge in [0.2, 0.25) is 5.76 Å². The van der Waals surface area contributed by atoms with Gasteiger partial charge in [-0.2, -0.15) is 0 Å². The van der Waals surface area contributed by atoms with Crippen molar-refractivity contribution in [3.8, 4) is 5.75 Å². The van der Waals surface area contributed by atoms with Gasteiger partial charge in [-0.15, -0.1) is 0 Å². The molecule has 0 aliphatic carbocycles. The number of hydrogen-bond acceptors (Lipinski definition) is 5. The molecule has 2 aromatic carbocycles. The van der Waals surface area contributed by atoms with Gasteiger partial charge in [0.05, 0.1) is 31.5 Å². The van der Waals surface area contributed by atoms with E-state index in [9.17, 15) is 4.79 Å². The highest BCUT2D eigenvalue weighted by atomic mass is 35.5. The molecule has 152 valence electrons. The molecule has 7 heteroatoms. The molecule has 0 bridgehead atoms. The van der Waals surface area contributed by atoms with Crippen LogP contribution >= 0.6 is 11.6 Å².